The van der Waals surface area contributed by atoms with E-state index in [1.165, 1.54) is 0 Å². The molecular formula is C19H19BrF2N4O. The van der Waals surface area contributed by atoms with Crippen LogP contribution in [-0.2, 0) is 10.3 Å². The van der Waals surface area contributed by atoms with Crippen LogP contribution in [0.5, 0.6) is 0 Å². The molecule has 0 radical (unpaired) electrons. The summed E-state index contributed by atoms with van der Waals surface area (Å²) in [5, 5.41) is 7.16. The minimum Gasteiger partial charge on any atom is -0.323 e. The fourth-order valence-electron chi connectivity index (χ4n) is 6.07. The van der Waals surface area contributed by atoms with Crippen LogP contribution in [0, 0.1) is 28.9 Å². The van der Waals surface area contributed by atoms with Gasteiger partial charge in [-0.05, 0) is 78.4 Å². The molecule has 27 heavy (non-hydrogen) atoms. The Bertz CT molecular complexity index is 916. The standard InChI is InChI=1S/C19H19BrF2N4O/c20-17-23-10-26(25-17)19-7-11-3-12(8-19)6-18(5-11,9-19)16(27)24-15-4-13(21)1-2-14(15)22/h1-2,4,10-12H,3,5-9H2,(H,24,27)/t11-,12+,18?,19?. The minimum absolute atomic E-state index is 0.0895. The van der Waals surface area contributed by atoms with Crippen molar-refractivity contribution in [2.45, 2.75) is 44.1 Å². The number of nitrogens with zero attached hydrogens (tertiary/aromatic N) is 3. The predicted molar refractivity (Wildman–Crippen MR) is 97.8 cm³/mol. The number of anilines is 1. The third kappa shape index (κ3) is 2.71. The van der Waals surface area contributed by atoms with Crippen molar-refractivity contribution in [2.24, 2.45) is 17.3 Å². The van der Waals surface area contributed by atoms with Crippen molar-refractivity contribution in [3.05, 3.63) is 40.9 Å². The van der Waals surface area contributed by atoms with Crippen LogP contribution >= 0.6 is 15.9 Å². The van der Waals surface area contributed by atoms with Crippen LogP contribution in [0.1, 0.15) is 38.5 Å². The number of aromatic nitrogens is 3. The van der Waals surface area contributed by atoms with Gasteiger partial charge in [0.15, 0.2) is 0 Å². The number of carbonyl (C=O) groups is 1. The molecule has 8 heteroatoms. The van der Waals surface area contributed by atoms with Crippen LogP contribution in [0.3, 0.4) is 0 Å². The molecule has 2 aromatic rings. The van der Waals surface area contributed by atoms with Gasteiger partial charge in [0.25, 0.3) is 0 Å². The molecule has 1 aromatic carbocycles. The molecule has 0 spiro atoms. The van der Waals surface area contributed by atoms with Crippen LogP contribution in [0.15, 0.2) is 29.3 Å². The Morgan fingerprint density at radius 2 is 1.96 bits per heavy atom. The van der Waals surface area contributed by atoms with Gasteiger partial charge in [0.2, 0.25) is 10.6 Å². The maximum Gasteiger partial charge on any atom is 0.230 e. The summed E-state index contributed by atoms with van der Waals surface area (Å²) < 4.78 is 30.0. The fraction of sp³-hybridized carbons (Fsp3) is 0.526. The molecule has 4 aliphatic carbocycles. The Morgan fingerprint density at radius 1 is 1.22 bits per heavy atom. The number of carbonyl (C=O) groups excluding carboxylic acids is 1. The van der Waals surface area contributed by atoms with Gasteiger partial charge >= 0.3 is 0 Å². The second kappa shape index (κ2) is 5.83. The number of hydrogen-bond acceptors (Lipinski definition) is 3. The zero-order valence-electron chi connectivity index (χ0n) is 14.6. The lowest BCUT2D eigenvalue weighted by atomic mass is 9.46. The Labute approximate surface area is 163 Å². The molecule has 6 rings (SSSR count). The monoisotopic (exact) mass is 436 g/mol. The summed E-state index contributed by atoms with van der Waals surface area (Å²) in [6.07, 6.45) is 7.08. The fourth-order valence-corrected chi connectivity index (χ4v) is 6.33. The normalized spacial score (nSPS) is 34.0. The first-order valence-electron chi connectivity index (χ1n) is 9.22. The van der Waals surface area contributed by atoms with Crippen molar-refractivity contribution in [3.8, 4) is 0 Å². The molecule has 4 saturated carbocycles. The summed E-state index contributed by atoms with van der Waals surface area (Å²) in [6, 6.07) is 3.13. The molecule has 5 nitrogen and oxygen atoms in total. The van der Waals surface area contributed by atoms with Gasteiger partial charge in [-0.3, -0.25) is 4.79 Å². The Kier molecular flexibility index (Phi) is 3.73. The maximum atomic E-state index is 14.0. The van der Waals surface area contributed by atoms with Gasteiger partial charge in [0, 0.05) is 6.07 Å². The second-order valence-corrected chi connectivity index (χ2v) is 9.21. The molecule has 1 heterocycles. The number of nitrogens with one attached hydrogen (secondary N) is 1. The van der Waals surface area contributed by atoms with Crippen molar-refractivity contribution in [1.29, 1.82) is 0 Å². The third-order valence-corrected chi connectivity index (χ3v) is 7.00. The molecule has 0 aliphatic heterocycles. The number of rotatable bonds is 3. The summed E-state index contributed by atoms with van der Waals surface area (Å²) in [4.78, 5) is 17.5. The predicted octanol–water partition coefficient (Wildman–Crippen LogP) is 4.25. The first-order valence-corrected chi connectivity index (χ1v) is 10.0. The summed E-state index contributed by atoms with van der Waals surface area (Å²) in [6.45, 7) is 0. The van der Waals surface area contributed by atoms with Crippen molar-refractivity contribution < 1.29 is 13.6 Å². The molecule has 4 aliphatic rings. The van der Waals surface area contributed by atoms with Crippen LogP contribution in [0.2, 0.25) is 0 Å². The van der Waals surface area contributed by atoms with Crippen LogP contribution in [0.25, 0.3) is 0 Å². The summed E-state index contributed by atoms with van der Waals surface area (Å²) in [5.41, 5.74) is -0.879. The van der Waals surface area contributed by atoms with Crippen LogP contribution < -0.4 is 5.32 Å². The van der Waals surface area contributed by atoms with Gasteiger partial charge in [-0.25, -0.2) is 18.4 Å². The van der Waals surface area contributed by atoms with E-state index in [1.54, 1.807) is 6.33 Å². The van der Waals surface area contributed by atoms with E-state index in [1.807, 2.05) is 4.68 Å². The molecule has 0 saturated heterocycles. The molecule has 4 fully saturated rings. The highest BCUT2D eigenvalue weighted by Crippen LogP contribution is 2.64. The molecule has 1 amide bonds. The number of hydrogen-bond donors (Lipinski definition) is 1. The van der Waals surface area contributed by atoms with Crippen molar-refractivity contribution in [2.75, 3.05) is 5.32 Å². The highest BCUT2D eigenvalue weighted by molar-refractivity contribution is 9.10. The zero-order valence-corrected chi connectivity index (χ0v) is 16.2. The van der Waals surface area contributed by atoms with E-state index in [-0.39, 0.29) is 17.1 Å². The van der Waals surface area contributed by atoms with E-state index in [9.17, 15) is 13.6 Å². The van der Waals surface area contributed by atoms with Gasteiger partial charge in [0.1, 0.15) is 18.0 Å². The lowest BCUT2D eigenvalue weighted by Gasteiger charge is -2.60. The van der Waals surface area contributed by atoms with Gasteiger partial charge in [-0.2, -0.15) is 0 Å². The largest absolute Gasteiger partial charge is 0.323 e. The van der Waals surface area contributed by atoms with E-state index >= 15 is 0 Å². The lowest BCUT2D eigenvalue weighted by molar-refractivity contribution is -0.150. The Balaban J connectivity index is 1.48. The van der Waals surface area contributed by atoms with E-state index in [2.05, 4.69) is 31.3 Å². The van der Waals surface area contributed by atoms with Gasteiger partial charge in [0.05, 0.1) is 16.6 Å². The Morgan fingerprint density at radius 3 is 2.63 bits per heavy atom. The first kappa shape index (κ1) is 17.3. The number of amides is 1. The summed E-state index contributed by atoms with van der Waals surface area (Å²) >= 11 is 3.31. The lowest BCUT2D eigenvalue weighted by Crippen LogP contribution is -2.60. The molecule has 2 unspecified atom stereocenters. The zero-order chi connectivity index (χ0) is 18.8. The van der Waals surface area contributed by atoms with E-state index in [0.29, 0.717) is 23.0 Å². The van der Waals surface area contributed by atoms with Gasteiger partial charge in [-0.1, -0.05) is 0 Å². The number of benzene rings is 1. The minimum atomic E-state index is -0.621. The highest BCUT2D eigenvalue weighted by Gasteiger charge is 2.61. The smallest absolute Gasteiger partial charge is 0.230 e. The topological polar surface area (TPSA) is 59.8 Å². The van der Waals surface area contributed by atoms with Crippen molar-refractivity contribution >= 4 is 27.5 Å². The third-order valence-electron chi connectivity index (χ3n) is 6.64. The summed E-state index contributed by atoms with van der Waals surface area (Å²) in [5.74, 6) is -0.509. The van der Waals surface area contributed by atoms with Crippen LogP contribution in [0.4, 0.5) is 14.5 Å². The number of halogens is 3. The van der Waals surface area contributed by atoms with E-state index < -0.39 is 17.0 Å². The molecule has 1 N–H and O–H groups in total. The van der Waals surface area contributed by atoms with Crippen LogP contribution in [-0.4, -0.2) is 20.7 Å². The average Bonchev–Trinajstić information content (AvgIpc) is 3.04. The van der Waals surface area contributed by atoms with Crippen molar-refractivity contribution in [3.63, 3.8) is 0 Å². The maximum absolute atomic E-state index is 14.0. The SMILES string of the molecule is O=C(Nc1cc(F)ccc1F)C12C[C@H]3C[C@@H](C1)CC(n1cnc(Br)n1)(C3)C2. The molecule has 1 aromatic heterocycles. The molecule has 4 atom stereocenters. The average molecular weight is 437 g/mol. The highest BCUT2D eigenvalue weighted by atomic mass is 79.9. The summed E-state index contributed by atoms with van der Waals surface area (Å²) in [7, 11) is 0. The second-order valence-electron chi connectivity index (χ2n) is 8.50. The molecule has 142 valence electrons. The van der Waals surface area contributed by atoms with E-state index in [0.717, 1.165) is 50.3 Å². The molecule has 4 bridgehead atoms. The Hall–Kier alpha value is -1.83. The van der Waals surface area contributed by atoms with Crippen molar-refractivity contribution in [1.82, 2.24) is 14.8 Å². The first-order chi connectivity index (χ1) is 12.9. The molecular weight excluding hydrogens is 418 g/mol. The van der Waals surface area contributed by atoms with Gasteiger partial charge < -0.3 is 5.32 Å². The van der Waals surface area contributed by atoms with Gasteiger partial charge in [-0.15, -0.1) is 5.10 Å². The quantitative estimate of drug-likeness (QED) is 0.781. The van der Waals surface area contributed by atoms with E-state index in [4.69, 9.17) is 0 Å².